The first-order valence-electron chi connectivity index (χ1n) is 6.34. The minimum atomic E-state index is -0.960. The van der Waals surface area contributed by atoms with E-state index in [4.69, 9.17) is 14.2 Å². The Balaban J connectivity index is 2.83. The van der Waals surface area contributed by atoms with Gasteiger partial charge in [0, 0.05) is 27.1 Å². The van der Waals surface area contributed by atoms with Gasteiger partial charge in [-0.1, -0.05) is 0 Å². The summed E-state index contributed by atoms with van der Waals surface area (Å²) >= 11 is 0. The second-order valence-electron chi connectivity index (χ2n) is 4.57. The van der Waals surface area contributed by atoms with Crippen molar-refractivity contribution in [1.29, 1.82) is 0 Å². The van der Waals surface area contributed by atoms with Crippen LogP contribution in [-0.4, -0.2) is 38.9 Å². The predicted molar refractivity (Wildman–Crippen MR) is 64.9 cm³/mol. The summed E-state index contributed by atoms with van der Waals surface area (Å²) in [5.41, 5.74) is 0. The monoisotopic (exact) mass is 258 g/mol. The fraction of sp³-hybridized carbons (Fsp3) is 0.846. The van der Waals surface area contributed by atoms with E-state index < -0.39 is 11.7 Å². The maximum atomic E-state index is 11.9. The Hall–Kier alpha value is -0.940. The van der Waals surface area contributed by atoms with E-state index in [-0.39, 0.29) is 11.9 Å². The van der Waals surface area contributed by atoms with Gasteiger partial charge in [0.25, 0.3) is 0 Å². The average molecular weight is 258 g/mol. The highest BCUT2D eigenvalue weighted by atomic mass is 16.7. The molecule has 0 spiro atoms. The van der Waals surface area contributed by atoms with Crippen molar-refractivity contribution in [2.45, 2.75) is 38.4 Å². The zero-order valence-corrected chi connectivity index (χ0v) is 11.3. The van der Waals surface area contributed by atoms with Gasteiger partial charge in [0.15, 0.2) is 5.79 Å². The van der Waals surface area contributed by atoms with Crippen molar-refractivity contribution in [2.75, 3.05) is 20.8 Å². The van der Waals surface area contributed by atoms with Crippen LogP contribution in [0.5, 0.6) is 0 Å². The summed E-state index contributed by atoms with van der Waals surface area (Å²) in [6.07, 6.45) is 3.37. The molecule has 0 bridgehead atoms. The molecule has 0 aliphatic heterocycles. The SMILES string of the molecule is CCOC(=O)C1CCC(CC=O)CC1(OC)OC. The van der Waals surface area contributed by atoms with Gasteiger partial charge >= 0.3 is 5.97 Å². The molecule has 0 heterocycles. The molecule has 2 unspecified atom stereocenters. The van der Waals surface area contributed by atoms with Crippen LogP contribution < -0.4 is 0 Å². The lowest BCUT2D eigenvalue weighted by Gasteiger charge is -2.43. The highest BCUT2D eigenvalue weighted by Crippen LogP contribution is 2.41. The summed E-state index contributed by atoms with van der Waals surface area (Å²) in [5.74, 6) is -1.47. The van der Waals surface area contributed by atoms with Crippen LogP contribution in [0.4, 0.5) is 0 Å². The molecule has 1 aliphatic carbocycles. The molecule has 0 aromatic carbocycles. The maximum absolute atomic E-state index is 11.9. The summed E-state index contributed by atoms with van der Waals surface area (Å²) in [6, 6.07) is 0. The Morgan fingerprint density at radius 1 is 1.33 bits per heavy atom. The lowest BCUT2D eigenvalue weighted by atomic mass is 9.76. The van der Waals surface area contributed by atoms with Gasteiger partial charge in [-0.3, -0.25) is 4.79 Å². The summed E-state index contributed by atoms with van der Waals surface area (Å²) in [5, 5.41) is 0. The molecule has 2 atom stereocenters. The standard InChI is InChI=1S/C13H22O5/c1-4-18-12(15)11-6-5-10(7-8-14)9-13(11,16-2)17-3/h8,10-11H,4-7,9H2,1-3H3. The van der Waals surface area contributed by atoms with Crippen LogP contribution in [0, 0.1) is 11.8 Å². The topological polar surface area (TPSA) is 61.8 Å². The third kappa shape index (κ3) is 3.09. The molecule has 0 aromatic rings. The number of aldehydes is 1. The van der Waals surface area contributed by atoms with Gasteiger partial charge in [0.1, 0.15) is 12.2 Å². The molecular formula is C13H22O5. The van der Waals surface area contributed by atoms with Gasteiger partial charge in [-0.25, -0.2) is 0 Å². The average Bonchev–Trinajstić information content (AvgIpc) is 2.39. The van der Waals surface area contributed by atoms with Crippen molar-refractivity contribution in [3.8, 4) is 0 Å². The highest BCUT2D eigenvalue weighted by molar-refractivity contribution is 5.73. The number of hydrogen-bond donors (Lipinski definition) is 0. The molecule has 1 saturated carbocycles. The number of hydrogen-bond acceptors (Lipinski definition) is 5. The molecule has 5 heteroatoms. The van der Waals surface area contributed by atoms with E-state index in [9.17, 15) is 9.59 Å². The van der Waals surface area contributed by atoms with Crippen molar-refractivity contribution in [1.82, 2.24) is 0 Å². The van der Waals surface area contributed by atoms with E-state index >= 15 is 0 Å². The quantitative estimate of drug-likeness (QED) is 0.411. The van der Waals surface area contributed by atoms with E-state index in [0.717, 1.165) is 12.7 Å². The number of carbonyl (C=O) groups excluding carboxylic acids is 2. The van der Waals surface area contributed by atoms with Crippen LogP contribution in [0.25, 0.3) is 0 Å². The molecule has 18 heavy (non-hydrogen) atoms. The third-order valence-electron chi connectivity index (χ3n) is 3.66. The van der Waals surface area contributed by atoms with Crippen molar-refractivity contribution in [3.05, 3.63) is 0 Å². The minimum absolute atomic E-state index is 0.202. The molecule has 1 aliphatic rings. The van der Waals surface area contributed by atoms with E-state index in [2.05, 4.69) is 0 Å². The van der Waals surface area contributed by atoms with E-state index in [0.29, 0.717) is 25.9 Å². The van der Waals surface area contributed by atoms with Gasteiger partial charge < -0.3 is 19.0 Å². The number of ether oxygens (including phenoxy) is 3. The Morgan fingerprint density at radius 2 is 2.00 bits per heavy atom. The first-order valence-corrected chi connectivity index (χ1v) is 6.34. The van der Waals surface area contributed by atoms with Crippen molar-refractivity contribution >= 4 is 12.3 Å². The molecule has 1 fully saturated rings. The largest absolute Gasteiger partial charge is 0.466 e. The second kappa shape index (κ2) is 6.85. The highest BCUT2D eigenvalue weighted by Gasteiger charge is 2.49. The maximum Gasteiger partial charge on any atom is 0.314 e. The van der Waals surface area contributed by atoms with Crippen LogP contribution in [-0.2, 0) is 23.8 Å². The Kier molecular flexibility index (Phi) is 5.75. The van der Waals surface area contributed by atoms with Crippen molar-refractivity contribution in [3.63, 3.8) is 0 Å². The van der Waals surface area contributed by atoms with Crippen LogP contribution >= 0.6 is 0 Å². The van der Waals surface area contributed by atoms with Gasteiger partial charge in [-0.15, -0.1) is 0 Å². The summed E-state index contributed by atoms with van der Waals surface area (Å²) in [4.78, 5) is 22.5. The Labute approximate surface area is 108 Å². The molecular weight excluding hydrogens is 236 g/mol. The van der Waals surface area contributed by atoms with Gasteiger partial charge in [-0.05, 0) is 25.7 Å². The molecule has 5 nitrogen and oxygen atoms in total. The lowest BCUT2D eigenvalue weighted by Crippen LogP contribution is -2.50. The number of esters is 1. The fourth-order valence-electron chi connectivity index (χ4n) is 2.68. The third-order valence-corrected chi connectivity index (χ3v) is 3.66. The van der Waals surface area contributed by atoms with Crippen LogP contribution in [0.15, 0.2) is 0 Å². The molecule has 0 N–H and O–H groups in total. The van der Waals surface area contributed by atoms with E-state index in [1.807, 2.05) is 0 Å². The predicted octanol–water partition coefficient (Wildman–Crippen LogP) is 1.54. The van der Waals surface area contributed by atoms with Crippen molar-refractivity contribution in [2.24, 2.45) is 11.8 Å². The molecule has 1 rings (SSSR count). The molecule has 0 radical (unpaired) electrons. The summed E-state index contributed by atoms with van der Waals surface area (Å²) < 4.78 is 16.0. The lowest BCUT2D eigenvalue weighted by molar-refractivity contribution is -0.263. The first-order chi connectivity index (χ1) is 8.63. The number of methoxy groups -OCH3 is 2. The van der Waals surface area contributed by atoms with Crippen molar-refractivity contribution < 1.29 is 23.8 Å². The first kappa shape index (κ1) is 15.1. The summed E-state index contributed by atoms with van der Waals surface area (Å²) in [7, 11) is 3.05. The van der Waals surface area contributed by atoms with E-state index in [1.165, 1.54) is 14.2 Å². The zero-order chi connectivity index (χ0) is 13.6. The zero-order valence-electron chi connectivity index (χ0n) is 11.3. The molecule has 0 saturated heterocycles. The normalized spacial score (nSPS) is 26.6. The van der Waals surface area contributed by atoms with Crippen LogP contribution in [0.3, 0.4) is 0 Å². The Morgan fingerprint density at radius 3 is 2.50 bits per heavy atom. The van der Waals surface area contributed by atoms with Crippen LogP contribution in [0.2, 0.25) is 0 Å². The van der Waals surface area contributed by atoms with Gasteiger partial charge in [0.05, 0.1) is 6.61 Å². The smallest absolute Gasteiger partial charge is 0.314 e. The molecule has 0 aromatic heterocycles. The molecule has 104 valence electrons. The van der Waals surface area contributed by atoms with E-state index in [1.54, 1.807) is 6.92 Å². The van der Waals surface area contributed by atoms with Crippen LogP contribution in [0.1, 0.15) is 32.6 Å². The second-order valence-corrected chi connectivity index (χ2v) is 4.57. The minimum Gasteiger partial charge on any atom is -0.466 e. The number of carbonyl (C=O) groups is 2. The summed E-state index contributed by atoms with van der Waals surface area (Å²) in [6.45, 7) is 2.12. The fourth-order valence-corrected chi connectivity index (χ4v) is 2.68. The van der Waals surface area contributed by atoms with Gasteiger partial charge in [0.2, 0.25) is 0 Å². The Bertz CT molecular complexity index is 285. The number of rotatable bonds is 6. The molecule has 0 amide bonds. The van der Waals surface area contributed by atoms with Gasteiger partial charge in [-0.2, -0.15) is 0 Å².